The van der Waals surface area contributed by atoms with Crippen LogP contribution in [0, 0.1) is 0 Å². The monoisotopic (exact) mass is 293 g/mol. The molecule has 1 heterocycles. The number of thioether (sulfide) groups is 1. The summed E-state index contributed by atoms with van der Waals surface area (Å²) in [6.45, 7) is 9.79. The molecular weight excluding hydrogens is 266 g/mol. The molecule has 1 aromatic rings. The summed E-state index contributed by atoms with van der Waals surface area (Å²) in [6.07, 6.45) is 3.61. The largest absolute Gasteiger partial charge is 0.494 e. The van der Waals surface area contributed by atoms with Gasteiger partial charge in [-0.05, 0) is 51.4 Å². The number of hydrogen-bond donors (Lipinski definition) is 0. The van der Waals surface area contributed by atoms with Gasteiger partial charge in [-0.1, -0.05) is 19.9 Å². The topological polar surface area (TPSA) is 12.5 Å². The van der Waals surface area contributed by atoms with Crippen LogP contribution in [0.1, 0.15) is 39.2 Å². The fraction of sp³-hybridized carbons (Fsp3) is 0.647. The lowest BCUT2D eigenvalue weighted by Crippen LogP contribution is -2.41. The second kappa shape index (κ2) is 7.94. The maximum atomic E-state index is 5.82. The summed E-state index contributed by atoms with van der Waals surface area (Å²) in [5.74, 6) is 2.30. The van der Waals surface area contributed by atoms with Gasteiger partial charge < -0.3 is 4.74 Å². The van der Waals surface area contributed by atoms with Crippen molar-refractivity contribution in [3.63, 3.8) is 0 Å². The SMILES string of the molecule is CCCN(CCC)C1CSc2cccc(OCC)c2C1. The van der Waals surface area contributed by atoms with Gasteiger partial charge in [0.15, 0.2) is 0 Å². The highest BCUT2D eigenvalue weighted by Crippen LogP contribution is 2.37. The molecule has 1 aliphatic heterocycles. The first-order chi connectivity index (χ1) is 9.80. The van der Waals surface area contributed by atoms with E-state index in [1.54, 1.807) is 0 Å². The second-order valence-electron chi connectivity index (χ2n) is 5.37. The van der Waals surface area contributed by atoms with E-state index in [0.29, 0.717) is 6.04 Å². The van der Waals surface area contributed by atoms with E-state index >= 15 is 0 Å². The minimum Gasteiger partial charge on any atom is -0.494 e. The predicted octanol–water partition coefficient (Wildman–Crippen LogP) is 4.22. The van der Waals surface area contributed by atoms with Gasteiger partial charge in [-0.25, -0.2) is 0 Å². The van der Waals surface area contributed by atoms with Gasteiger partial charge in [-0.3, -0.25) is 4.90 Å². The first-order valence-electron chi connectivity index (χ1n) is 7.91. The smallest absolute Gasteiger partial charge is 0.123 e. The number of rotatable bonds is 7. The zero-order chi connectivity index (χ0) is 14.4. The number of nitrogens with zero attached hydrogens (tertiary/aromatic N) is 1. The van der Waals surface area contributed by atoms with E-state index in [2.05, 4.69) is 43.9 Å². The average Bonchev–Trinajstić information content (AvgIpc) is 2.47. The fourth-order valence-corrected chi connectivity index (χ4v) is 4.17. The van der Waals surface area contributed by atoms with Crippen LogP contribution in [0.3, 0.4) is 0 Å². The van der Waals surface area contributed by atoms with Crippen molar-refractivity contribution in [1.82, 2.24) is 4.90 Å². The lowest BCUT2D eigenvalue weighted by Gasteiger charge is -2.35. The minimum atomic E-state index is 0.661. The van der Waals surface area contributed by atoms with Crippen LogP contribution in [0.25, 0.3) is 0 Å². The summed E-state index contributed by atoms with van der Waals surface area (Å²) < 4.78 is 5.82. The lowest BCUT2D eigenvalue weighted by molar-refractivity contribution is 0.207. The number of hydrogen-bond acceptors (Lipinski definition) is 3. The molecule has 1 unspecified atom stereocenters. The number of ether oxygens (including phenoxy) is 1. The van der Waals surface area contributed by atoms with Crippen LogP contribution in [0.5, 0.6) is 5.75 Å². The third-order valence-electron chi connectivity index (χ3n) is 3.80. The molecule has 1 atom stereocenters. The minimum absolute atomic E-state index is 0.661. The Bertz CT molecular complexity index is 415. The molecule has 2 nitrogen and oxygen atoms in total. The van der Waals surface area contributed by atoms with Crippen LogP contribution in [-0.2, 0) is 6.42 Å². The highest BCUT2D eigenvalue weighted by Gasteiger charge is 2.26. The molecule has 112 valence electrons. The van der Waals surface area contributed by atoms with Gasteiger partial charge in [0.25, 0.3) is 0 Å². The standard InChI is InChI=1S/C17H27NOS/c1-4-10-18(11-5-2)14-12-15-16(19-6-3)8-7-9-17(15)20-13-14/h7-9,14H,4-6,10-13H2,1-3H3. The first-order valence-corrected chi connectivity index (χ1v) is 8.90. The molecule has 0 radical (unpaired) electrons. The van der Waals surface area contributed by atoms with Crippen LogP contribution in [-0.4, -0.2) is 36.4 Å². The van der Waals surface area contributed by atoms with E-state index in [1.165, 1.54) is 42.1 Å². The normalized spacial score (nSPS) is 18.1. The van der Waals surface area contributed by atoms with Crippen molar-refractivity contribution in [1.29, 1.82) is 0 Å². The Balaban J connectivity index is 2.15. The van der Waals surface area contributed by atoms with Gasteiger partial charge >= 0.3 is 0 Å². The van der Waals surface area contributed by atoms with Crippen LogP contribution < -0.4 is 4.74 Å². The molecule has 1 aliphatic rings. The van der Waals surface area contributed by atoms with Crippen LogP contribution in [0.15, 0.2) is 23.1 Å². The van der Waals surface area contributed by atoms with Crippen molar-refractivity contribution in [2.75, 3.05) is 25.4 Å². The molecule has 0 amide bonds. The molecule has 2 rings (SSSR count). The van der Waals surface area contributed by atoms with Crippen molar-refractivity contribution in [3.8, 4) is 5.75 Å². The molecule has 0 N–H and O–H groups in total. The van der Waals surface area contributed by atoms with Crippen LogP contribution in [0.4, 0.5) is 0 Å². The molecule has 0 spiro atoms. The Kier molecular flexibility index (Phi) is 6.24. The molecule has 0 fully saturated rings. The summed E-state index contributed by atoms with van der Waals surface area (Å²) in [4.78, 5) is 4.08. The Morgan fingerprint density at radius 1 is 1.20 bits per heavy atom. The maximum Gasteiger partial charge on any atom is 0.123 e. The van der Waals surface area contributed by atoms with Gasteiger partial charge in [0, 0.05) is 22.3 Å². The highest BCUT2D eigenvalue weighted by molar-refractivity contribution is 7.99. The maximum absolute atomic E-state index is 5.82. The van der Waals surface area contributed by atoms with Crippen molar-refractivity contribution >= 4 is 11.8 Å². The van der Waals surface area contributed by atoms with Gasteiger partial charge in [-0.15, -0.1) is 11.8 Å². The van der Waals surface area contributed by atoms with Gasteiger partial charge in [0.1, 0.15) is 5.75 Å². The second-order valence-corrected chi connectivity index (χ2v) is 6.43. The highest BCUT2D eigenvalue weighted by atomic mass is 32.2. The first kappa shape index (κ1) is 15.7. The lowest BCUT2D eigenvalue weighted by atomic mass is 10.0. The molecule has 0 saturated heterocycles. The van der Waals surface area contributed by atoms with Crippen LogP contribution in [0.2, 0.25) is 0 Å². The molecular formula is C17H27NOS. The molecule has 1 aromatic carbocycles. The van der Waals surface area contributed by atoms with Gasteiger partial charge in [0.2, 0.25) is 0 Å². The van der Waals surface area contributed by atoms with E-state index in [1.807, 2.05) is 11.8 Å². The number of fused-ring (bicyclic) bond motifs is 1. The predicted molar refractivity (Wildman–Crippen MR) is 88.0 cm³/mol. The molecule has 3 heteroatoms. The fourth-order valence-electron chi connectivity index (χ4n) is 2.94. The third kappa shape index (κ3) is 3.70. The van der Waals surface area contributed by atoms with Gasteiger partial charge in [-0.2, -0.15) is 0 Å². The van der Waals surface area contributed by atoms with Crippen molar-refractivity contribution in [2.24, 2.45) is 0 Å². The van der Waals surface area contributed by atoms with Crippen molar-refractivity contribution in [2.45, 2.75) is 51.0 Å². The molecule has 0 saturated carbocycles. The average molecular weight is 293 g/mol. The summed E-state index contributed by atoms with van der Waals surface area (Å²) in [5.41, 5.74) is 1.42. The summed E-state index contributed by atoms with van der Waals surface area (Å²) in [5, 5.41) is 0. The summed E-state index contributed by atoms with van der Waals surface area (Å²) in [7, 11) is 0. The third-order valence-corrected chi connectivity index (χ3v) is 5.04. The van der Waals surface area contributed by atoms with E-state index in [-0.39, 0.29) is 0 Å². The zero-order valence-electron chi connectivity index (χ0n) is 13.0. The van der Waals surface area contributed by atoms with Gasteiger partial charge in [0.05, 0.1) is 6.61 Å². The quantitative estimate of drug-likeness (QED) is 0.746. The molecule has 0 aliphatic carbocycles. The Labute approximate surface area is 127 Å². The van der Waals surface area contributed by atoms with E-state index in [9.17, 15) is 0 Å². The Morgan fingerprint density at radius 2 is 1.95 bits per heavy atom. The molecule has 0 aromatic heterocycles. The summed E-state index contributed by atoms with van der Waals surface area (Å²) >= 11 is 2.00. The molecule has 20 heavy (non-hydrogen) atoms. The summed E-state index contributed by atoms with van der Waals surface area (Å²) in [6, 6.07) is 7.14. The van der Waals surface area contributed by atoms with E-state index < -0.39 is 0 Å². The molecule has 0 bridgehead atoms. The Morgan fingerprint density at radius 3 is 2.60 bits per heavy atom. The van der Waals surface area contributed by atoms with E-state index in [4.69, 9.17) is 4.74 Å². The van der Waals surface area contributed by atoms with Crippen molar-refractivity contribution < 1.29 is 4.74 Å². The zero-order valence-corrected chi connectivity index (χ0v) is 13.8. The van der Waals surface area contributed by atoms with E-state index in [0.717, 1.165) is 18.8 Å². The van der Waals surface area contributed by atoms with Crippen molar-refractivity contribution in [3.05, 3.63) is 23.8 Å². The van der Waals surface area contributed by atoms with Crippen LogP contribution >= 0.6 is 11.8 Å². The number of benzene rings is 1. The Hall–Kier alpha value is -0.670.